The summed E-state index contributed by atoms with van der Waals surface area (Å²) in [6, 6.07) is -1.26. The van der Waals surface area contributed by atoms with Crippen molar-refractivity contribution in [2.24, 2.45) is 0 Å². The number of hydrogen-bond donors (Lipinski definition) is 6. The lowest BCUT2D eigenvalue weighted by molar-refractivity contribution is -0.140. The summed E-state index contributed by atoms with van der Waals surface area (Å²) < 4.78 is 0. The Bertz CT molecular complexity index is 657. The van der Waals surface area contributed by atoms with Crippen LogP contribution in [0.15, 0.2) is 0 Å². The van der Waals surface area contributed by atoms with E-state index < -0.39 is 48.7 Å². The predicted octanol–water partition coefficient (Wildman–Crippen LogP) is 0.300. The van der Waals surface area contributed by atoms with E-state index in [-0.39, 0.29) is 13.0 Å². The van der Waals surface area contributed by atoms with Crippen molar-refractivity contribution in [2.45, 2.75) is 83.1 Å². The maximum atomic E-state index is 12.3. The number of rotatable bonds is 22. The third kappa shape index (κ3) is 19.5. The van der Waals surface area contributed by atoms with E-state index >= 15 is 0 Å². The van der Waals surface area contributed by atoms with Gasteiger partial charge in [0.2, 0.25) is 24.1 Å². The van der Waals surface area contributed by atoms with Gasteiger partial charge >= 0.3 is 11.9 Å². The first-order chi connectivity index (χ1) is 16.3. The average Bonchev–Trinajstić information content (AvgIpc) is 2.78. The summed E-state index contributed by atoms with van der Waals surface area (Å²) in [7, 11) is 0. The van der Waals surface area contributed by atoms with Crippen LogP contribution in [0.5, 0.6) is 0 Å². The van der Waals surface area contributed by atoms with E-state index in [1.165, 1.54) is 0 Å². The van der Waals surface area contributed by atoms with Crippen molar-refractivity contribution in [3.05, 3.63) is 0 Å². The fourth-order valence-corrected chi connectivity index (χ4v) is 3.16. The van der Waals surface area contributed by atoms with Crippen molar-refractivity contribution in [3.63, 3.8) is 0 Å². The van der Waals surface area contributed by atoms with Gasteiger partial charge in [0.15, 0.2) is 0 Å². The third-order valence-corrected chi connectivity index (χ3v) is 4.94. The number of hydrogen-bond acceptors (Lipinski definition) is 6. The lowest BCUT2D eigenvalue weighted by atomic mass is 10.1. The van der Waals surface area contributed by atoms with E-state index in [0.717, 1.165) is 64.2 Å². The fraction of sp³-hybridized carbons (Fsp3) is 0.727. The molecule has 0 fully saturated rings. The second-order valence-electron chi connectivity index (χ2n) is 7.96. The molecule has 12 heteroatoms. The lowest BCUT2D eigenvalue weighted by Crippen LogP contribution is -2.51. The van der Waals surface area contributed by atoms with Gasteiger partial charge in [0.1, 0.15) is 6.04 Å². The molecule has 0 aliphatic rings. The van der Waals surface area contributed by atoms with Crippen molar-refractivity contribution in [3.8, 4) is 0 Å². The van der Waals surface area contributed by atoms with Gasteiger partial charge in [-0.25, -0.2) is 0 Å². The molecule has 194 valence electrons. The molecular weight excluding hydrogens is 448 g/mol. The van der Waals surface area contributed by atoms with Gasteiger partial charge in [-0.3, -0.25) is 28.8 Å². The van der Waals surface area contributed by atoms with Gasteiger partial charge in [-0.05, 0) is 12.8 Å². The van der Waals surface area contributed by atoms with Crippen LogP contribution in [0.4, 0.5) is 0 Å². The van der Waals surface area contributed by atoms with Crippen LogP contribution in [0.25, 0.3) is 0 Å². The largest absolute Gasteiger partial charge is 0.481 e. The molecule has 12 nitrogen and oxygen atoms in total. The summed E-state index contributed by atoms with van der Waals surface area (Å²) in [5.74, 6) is -3.92. The van der Waals surface area contributed by atoms with E-state index in [2.05, 4.69) is 21.3 Å². The molecule has 0 unspecified atom stereocenters. The number of nitrogens with one attached hydrogen (secondary N) is 4. The van der Waals surface area contributed by atoms with Crippen molar-refractivity contribution < 1.29 is 39.0 Å². The van der Waals surface area contributed by atoms with Crippen LogP contribution in [-0.2, 0) is 28.8 Å². The quantitative estimate of drug-likeness (QED) is 0.0929. The molecule has 0 aliphatic heterocycles. The molecule has 0 bridgehead atoms. The molecule has 0 radical (unpaired) electrons. The highest BCUT2D eigenvalue weighted by molar-refractivity contribution is 5.92. The number of carboxylic acids is 2. The topological polar surface area (TPSA) is 191 Å². The highest BCUT2D eigenvalue weighted by Gasteiger charge is 2.23. The molecule has 0 spiro atoms. The standard InChI is InChI=1S/C22H38N4O8/c27-16-23-14-18(28)25-15-19(29)26-17(13-21(32)33)22(34)24-12-10-8-6-4-2-1-3-5-7-9-11-20(30)31/h16-17H,1-15H2,(H,23,27)(H,24,34)(H,25,28)(H,26,29)(H,30,31)(H,32,33)/t17-/m0/s1. The van der Waals surface area contributed by atoms with Crippen molar-refractivity contribution in [1.29, 1.82) is 0 Å². The zero-order valence-electron chi connectivity index (χ0n) is 19.6. The highest BCUT2D eigenvalue weighted by Crippen LogP contribution is 2.11. The second-order valence-corrected chi connectivity index (χ2v) is 7.96. The summed E-state index contributed by atoms with van der Waals surface area (Å²) in [6.45, 7) is -0.391. The first-order valence-electron chi connectivity index (χ1n) is 11.7. The summed E-state index contributed by atoms with van der Waals surface area (Å²) in [5, 5.41) is 26.9. The molecular formula is C22H38N4O8. The van der Waals surface area contributed by atoms with Crippen LogP contribution in [0, 0.1) is 0 Å². The summed E-state index contributed by atoms with van der Waals surface area (Å²) in [5.41, 5.74) is 0. The lowest BCUT2D eigenvalue weighted by Gasteiger charge is -2.17. The second kappa shape index (κ2) is 20.4. The normalized spacial score (nSPS) is 11.2. The average molecular weight is 487 g/mol. The molecule has 0 aromatic rings. The molecule has 1 atom stereocenters. The first kappa shape index (κ1) is 30.8. The minimum Gasteiger partial charge on any atom is -0.481 e. The van der Waals surface area contributed by atoms with Crippen LogP contribution in [0.2, 0.25) is 0 Å². The smallest absolute Gasteiger partial charge is 0.305 e. The Kier molecular flexibility index (Phi) is 18.5. The first-order valence-corrected chi connectivity index (χ1v) is 11.7. The molecule has 0 aromatic carbocycles. The van der Waals surface area contributed by atoms with E-state index in [1.807, 2.05) is 0 Å². The summed E-state index contributed by atoms with van der Waals surface area (Å²) in [4.78, 5) is 67.1. The SMILES string of the molecule is O=CNCC(=O)NCC(=O)N[C@@H](CC(=O)O)C(=O)NCCCCCCCCCCCCC(=O)O. The number of amides is 4. The minimum absolute atomic E-state index is 0.236. The summed E-state index contributed by atoms with van der Waals surface area (Å²) in [6.07, 6.45) is 9.78. The van der Waals surface area contributed by atoms with Crippen LogP contribution in [0.1, 0.15) is 77.0 Å². The van der Waals surface area contributed by atoms with Gasteiger partial charge < -0.3 is 31.5 Å². The van der Waals surface area contributed by atoms with Crippen LogP contribution in [0.3, 0.4) is 0 Å². The van der Waals surface area contributed by atoms with Gasteiger partial charge in [-0.1, -0.05) is 51.4 Å². The van der Waals surface area contributed by atoms with Crippen LogP contribution < -0.4 is 21.3 Å². The molecule has 34 heavy (non-hydrogen) atoms. The number of carbonyl (C=O) groups is 6. The molecule has 0 aromatic heterocycles. The van der Waals surface area contributed by atoms with Gasteiger partial charge in [-0.2, -0.15) is 0 Å². The Hall–Kier alpha value is -3.18. The Morgan fingerprint density at radius 3 is 1.76 bits per heavy atom. The van der Waals surface area contributed by atoms with Crippen molar-refractivity contribution >= 4 is 36.1 Å². The maximum absolute atomic E-state index is 12.3. The molecule has 0 heterocycles. The van der Waals surface area contributed by atoms with E-state index in [0.29, 0.717) is 13.0 Å². The molecule has 4 amide bonds. The van der Waals surface area contributed by atoms with Gasteiger partial charge in [-0.15, -0.1) is 0 Å². The Balaban J connectivity index is 3.95. The van der Waals surface area contributed by atoms with Crippen molar-refractivity contribution in [1.82, 2.24) is 21.3 Å². The van der Waals surface area contributed by atoms with E-state index in [1.54, 1.807) is 0 Å². The Labute approximate surface area is 199 Å². The van der Waals surface area contributed by atoms with Crippen LogP contribution in [-0.4, -0.2) is 72.0 Å². The van der Waals surface area contributed by atoms with Gasteiger partial charge in [0.05, 0.1) is 19.5 Å². The zero-order chi connectivity index (χ0) is 25.6. The predicted molar refractivity (Wildman–Crippen MR) is 123 cm³/mol. The number of carbonyl (C=O) groups excluding carboxylic acids is 4. The molecule has 0 aliphatic carbocycles. The minimum atomic E-state index is -1.26. The number of unbranched alkanes of at least 4 members (excludes halogenated alkanes) is 9. The monoisotopic (exact) mass is 486 g/mol. The summed E-state index contributed by atoms with van der Waals surface area (Å²) >= 11 is 0. The van der Waals surface area contributed by atoms with Crippen LogP contribution >= 0.6 is 0 Å². The van der Waals surface area contributed by atoms with E-state index in [9.17, 15) is 28.8 Å². The third-order valence-electron chi connectivity index (χ3n) is 4.94. The molecule has 6 N–H and O–H groups in total. The number of aliphatic carboxylic acids is 2. The van der Waals surface area contributed by atoms with E-state index in [4.69, 9.17) is 10.2 Å². The Morgan fingerprint density at radius 1 is 0.676 bits per heavy atom. The maximum Gasteiger partial charge on any atom is 0.305 e. The van der Waals surface area contributed by atoms with Gasteiger partial charge in [0, 0.05) is 13.0 Å². The van der Waals surface area contributed by atoms with Crippen molar-refractivity contribution in [2.75, 3.05) is 19.6 Å². The Morgan fingerprint density at radius 2 is 1.24 bits per heavy atom. The molecule has 0 saturated carbocycles. The fourth-order valence-electron chi connectivity index (χ4n) is 3.16. The highest BCUT2D eigenvalue weighted by atomic mass is 16.4. The zero-order valence-corrected chi connectivity index (χ0v) is 19.6. The molecule has 0 rings (SSSR count). The number of carboxylic acid groups (broad SMARTS) is 2. The van der Waals surface area contributed by atoms with Gasteiger partial charge in [0.25, 0.3) is 0 Å². The molecule has 0 saturated heterocycles.